The third-order valence-corrected chi connectivity index (χ3v) is 2.82. The number of rotatable bonds is 3. The minimum absolute atomic E-state index is 0.113. The van der Waals surface area contributed by atoms with Crippen LogP contribution < -0.4 is 5.73 Å². The molecule has 0 bridgehead atoms. The highest BCUT2D eigenvalue weighted by molar-refractivity contribution is 5.76. The summed E-state index contributed by atoms with van der Waals surface area (Å²) in [7, 11) is 0. The van der Waals surface area contributed by atoms with E-state index in [0.29, 0.717) is 5.92 Å². The van der Waals surface area contributed by atoms with Gasteiger partial charge in [0, 0.05) is 5.92 Å². The topological polar surface area (TPSA) is 43.1 Å². The lowest BCUT2D eigenvalue weighted by atomic mass is 9.81. The molecular formula is C11H19NO. The molecule has 0 radical (unpaired) electrons. The van der Waals surface area contributed by atoms with Gasteiger partial charge in [-0.3, -0.25) is 4.79 Å². The SMILES string of the molecule is CC/C=C/C1CCC(C(N)=O)CC1. The van der Waals surface area contributed by atoms with E-state index in [1.54, 1.807) is 0 Å². The molecule has 1 rings (SSSR count). The van der Waals surface area contributed by atoms with Gasteiger partial charge < -0.3 is 5.73 Å². The summed E-state index contributed by atoms with van der Waals surface area (Å²) >= 11 is 0. The van der Waals surface area contributed by atoms with Gasteiger partial charge in [-0.05, 0) is 38.0 Å². The summed E-state index contributed by atoms with van der Waals surface area (Å²) in [4.78, 5) is 10.9. The molecule has 0 aromatic heterocycles. The molecule has 13 heavy (non-hydrogen) atoms. The van der Waals surface area contributed by atoms with Gasteiger partial charge in [-0.1, -0.05) is 19.1 Å². The van der Waals surface area contributed by atoms with E-state index in [0.717, 1.165) is 32.1 Å². The molecule has 0 heterocycles. The lowest BCUT2D eigenvalue weighted by molar-refractivity contribution is -0.122. The number of hydrogen-bond donors (Lipinski definition) is 1. The fourth-order valence-electron chi connectivity index (χ4n) is 1.92. The van der Waals surface area contributed by atoms with Gasteiger partial charge in [-0.15, -0.1) is 0 Å². The molecule has 0 saturated heterocycles. The molecule has 2 nitrogen and oxygen atoms in total. The quantitative estimate of drug-likeness (QED) is 0.667. The van der Waals surface area contributed by atoms with Crippen LogP contribution in [0.5, 0.6) is 0 Å². The predicted octanol–water partition coefficient (Wildman–Crippen LogP) is 2.24. The molecule has 0 aliphatic heterocycles. The van der Waals surface area contributed by atoms with Crippen LogP contribution in [-0.4, -0.2) is 5.91 Å². The van der Waals surface area contributed by atoms with Crippen LogP contribution in [-0.2, 0) is 4.79 Å². The summed E-state index contributed by atoms with van der Waals surface area (Å²) in [5, 5.41) is 0. The van der Waals surface area contributed by atoms with E-state index in [1.807, 2.05) is 0 Å². The Hall–Kier alpha value is -0.790. The fourth-order valence-corrected chi connectivity index (χ4v) is 1.92. The van der Waals surface area contributed by atoms with E-state index < -0.39 is 0 Å². The lowest BCUT2D eigenvalue weighted by Gasteiger charge is -2.24. The van der Waals surface area contributed by atoms with Crippen LogP contribution in [0.3, 0.4) is 0 Å². The van der Waals surface area contributed by atoms with E-state index in [9.17, 15) is 4.79 Å². The van der Waals surface area contributed by atoms with Crippen molar-refractivity contribution < 1.29 is 4.79 Å². The van der Waals surface area contributed by atoms with E-state index in [2.05, 4.69) is 19.1 Å². The molecule has 0 spiro atoms. The maximum Gasteiger partial charge on any atom is 0.220 e. The van der Waals surface area contributed by atoms with Crippen molar-refractivity contribution in [2.75, 3.05) is 0 Å². The van der Waals surface area contributed by atoms with Crippen molar-refractivity contribution in [3.05, 3.63) is 12.2 Å². The minimum atomic E-state index is -0.113. The summed E-state index contributed by atoms with van der Waals surface area (Å²) in [5.74, 6) is 0.722. The smallest absolute Gasteiger partial charge is 0.220 e. The molecule has 1 fully saturated rings. The molecule has 0 atom stereocenters. The zero-order valence-electron chi connectivity index (χ0n) is 8.33. The van der Waals surface area contributed by atoms with Crippen LogP contribution in [0.1, 0.15) is 39.0 Å². The van der Waals surface area contributed by atoms with Crippen LogP contribution in [0.25, 0.3) is 0 Å². The third-order valence-electron chi connectivity index (χ3n) is 2.82. The van der Waals surface area contributed by atoms with Gasteiger partial charge in [0.1, 0.15) is 0 Å². The van der Waals surface area contributed by atoms with Crippen molar-refractivity contribution in [2.45, 2.75) is 39.0 Å². The van der Waals surface area contributed by atoms with Gasteiger partial charge in [0.05, 0.1) is 0 Å². The van der Waals surface area contributed by atoms with Crippen molar-refractivity contribution >= 4 is 5.91 Å². The Morgan fingerprint density at radius 1 is 1.38 bits per heavy atom. The Balaban J connectivity index is 2.30. The summed E-state index contributed by atoms with van der Waals surface area (Å²) in [6.07, 6.45) is 9.83. The Labute approximate surface area is 80.2 Å². The predicted molar refractivity (Wildman–Crippen MR) is 54.1 cm³/mol. The molecular weight excluding hydrogens is 162 g/mol. The Morgan fingerprint density at radius 2 is 2.00 bits per heavy atom. The second kappa shape index (κ2) is 5.05. The first kappa shape index (κ1) is 10.3. The highest BCUT2D eigenvalue weighted by Crippen LogP contribution is 2.29. The average Bonchev–Trinajstić information content (AvgIpc) is 2.15. The Morgan fingerprint density at radius 3 is 2.46 bits per heavy atom. The van der Waals surface area contributed by atoms with Gasteiger partial charge in [-0.25, -0.2) is 0 Å². The second-order valence-electron chi connectivity index (χ2n) is 3.85. The third kappa shape index (κ3) is 3.21. The summed E-state index contributed by atoms with van der Waals surface area (Å²) in [6, 6.07) is 0. The van der Waals surface area contributed by atoms with Crippen molar-refractivity contribution in [2.24, 2.45) is 17.6 Å². The molecule has 1 aliphatic rings. The zero-order chi connectivity index (χ0) is 9.68. The fraction of sp³-hybridized carbons (Fsp3) is 0.727. The van der Waals surface area contributed by atoms with Gasteiger partial charge in [0.25, 0.3) is 0 Å². The Bertz CT molecular complexity index is 190. The molecule has 2 N–H and O–H groups in total. The molecule has 1 saturated carbocycles. The van der Waals surface area contributed by atoms with Gasteiger partial charge in [-0.2, -0.15) is 0 Å². The summed E-state index contributed by atoms with van der Waals surface area (Å²) < 4.78 is 0. The van der Waals surface area contributed by atoms with E-state index in [-0.39, 0.29) is 11.8 Å². The van der Waals surface area contributed by atoms with Crippen LogP contribution in [0, 0.1) is 11.8 Å². The van der Waals surface area contributed by atoms with E-state index in [1.165, 1.54) is 0 Å². The number of allylic oxidation sites excluding steroid dienone is 2. The first-order chi connectivity index (χ1) is 6.24. The maximum absolute atomic E-state index is 10.9. The molecule has 1 amide bonds. The van der Waals surface area contributed by atoms with Gasteiger partial charge in [0.15, 0.2) is 0 Å². The van der Waals surface area contributed by atoms with E-state index in [4.69, 9.17) is 5.73 Å². The van der Waals surface area contributed by atoms with Crippen LogP contribution in [0.4, 0.5) is 0 Å². The van der Waals surface area contributed by atoms with Crippen molar-refractivity contribution in [3.63, 3.8) is 0 Å². The van der Waals surface area contributed by atoms with Crippen molar-refractivity contribution in [1.29, 1.82) is 0 Å². The molecule has 2 heteroatoms. The molecule has 0 unspecified atom stereocenters. The van der Waals surface area contributed by atoms with Crippen molar-refractivity contribution in [3.8, 4) is 0 Å². The summed E-state index contributed by atoms with van der Waals surface area (Å²) in [6.45, 7) is 2.14. The van der Waals surface area contributed by atoms with Crippen molar-refractivity contribution in [1.82, 2.24) is 0 Å². The molecule has 1 aliphatic carbocycles. The van der Waals surface area contributed by atoms with Crippen LogP contribution in [0.2, 0.25) is 0 Å². The number of amides is 1. The first-order valence-electron chi connectivity index (χ1n) is 5.20. The molecule has 74 valence electrons. The average molecular weight is 181 g/mol. The van der Waals surface area contributed by atoms with Gasteiger partial charge in [0.2, 0.25) is 5.91 Å². The number of carbonyl (C=O) groups excluding carboxylic acids is 1. The number of primary amides is 1. The van der Waals surface area contributed by atoms with Crippen LogP contribution >= 0.6 is 0 Å². The van der Waals surface area contributed by atoms with Crippen LogP contribution in [0.15, 0.2) is 12.2 Å². The largest absolute Gasteiger partial charge is 0.369 e. The number of hydrogen-bond acceptors (Lipinski definition) is 1. The first-order valence-corrected chi connectivity index (χ1v) is 5.20. The highest BCUT2D eigenvalue weighted by Gasteiger charge is 2.22. The standard InChI is InChI=1S/C11H19NO/c1-2-3-4-9-5-7-10(8-6-9)11(12)13/h3-4,9-10H,2,5-8H2,1H3,(H2,12,13)/b4-3+. The molecule has 0 aromatic rings. The van der Waals surface area contributed by atoms with Gasteiger partial charge >= 0.3 is 0 Å². The minimum Gasteiger partial charge on any atom is -0.369 e. The maximum atomic E-state index is 10.9. The normalized spacial score (nSPS) is 29.3. The number of nitrogens with two attached hydrogens (primary N) is 1. The molecule has 0 aromatic carbocycles. The van der Waals surface area contributed by atoms with E-state index >= 15 is 0 Å². The summed E-state index contributed by atoms with van der Waals surface area (Å²) in [5.41, 5.74) is 5.26. The Kier molecular flexibility index (Phi) is 4.00. The lowest BCUT2D eigenvalue weighted by Crippen LogP contribution is -2.27. The number of carbonyl (C=O) groups is 1. The highest BCUT2D eigenvalue weighted by atomic mass is 16.1. The zero-order valence-corrected chi connectivity index (χ0v) is 8.33. The monoisotopic (exact) mass is 181 g/mol. The second-order valence-corrected chi connectivity index (χ2v) is 3.85.